The molecule has 0 aromatic heterocycles. The zero-order chi connectivity index (χ0) is 10.7. The third kappa shape index (κ3) is 2.39. The van der Waals surface area contributed by atoms with Gasteiger partial charge in [0.2, 0.25) is 11.8 Å². The summed E-state index contributed by atoms with van der Waals surface area (Å²) in [6.07, 6.45) is 0.738. The maximum Gasteiger partial charge on any atom is 0.230 e. The second-order valence-electron chi connectivity index (χ2n) is 3.30. The molecule has 0 N–H and O–H groups in total. The number of likely N-dealkylation sites (tertiary alicyclic amines) is 1. The first-order chi connectivity index (χ1) is 7.27. The molecule has 0 aliphatic carbocycles. The lowest BCUT2D eigenvalue weighted by atomic mass is 10.4. The molecule has 0 unspecified atom stereocenters. The molecule has 4 heteroatoms. The van der Waals surface area contributed by atoms with Crippen molar-refractivity contribution in [1.29, 1.82) is 0 Å². The number of amides is 2. The summed E-state index contributed by atoms with van der Waals surface area (Å²) in [5, 5.41) is 0. The van der Waals surface area contributed by atoms with Gasteiger partial charge in [0.05, 0.1) is 5.88 Å². The van der Waals surface area contributed by atoms with Crippen molar-refractivity contribution >= 4 is 23.6 Å². The lowest BCUT2D eigenvalue weighted by Crippen LogP contribution is -2.28. The number of hydrogen-bond acceptors (Lipinski definition) is 3. The van der Waals surface area contributed by atoms with Crippen LogP contribution in [-0.4, -0.2) is 22.6 Å². The molecule has 1 aromatic rings. The van der Waals surface area contributed by atoms with Gasteiger partial charge in [-0.05, 0) is 12.1 Å². The molecule has 1 aromatic carbocycles. The predicted octanol–water partition coefficient (Wildman–Crippen LogP) is 1.89. The number of thioether (sulfide) groups is 1. The Morgan fingerprint density at radius 3 is 2.27 bits per heavy atom. The topological polar surface area (TPSA) is 37.4 Å². The Morgan fingerprint density at radius 1 is 1.07 bits per heavy atom. The van der Waals surface area contributed by atoms with Crippen molar-refractivity contribution in [1.82, 2.24) is 4.90 Å². The van der Waals surface area contributed by atoms with E-state index in [0.717, 1.165) is 4.90 Å². The number of carbonyl (C=O) groups is 2. The maximum atomic E-state index is 11.3. The fourth-order valence-corrected chi connectivity index (χ4v) is 2.34. The first kappa shape index (κ1) is 10.2. The van der Waals surface area contributed by atoms with Crippen LogP contribution in [0.3, 0.4) is 0 Å². The van der Waals surface area contributed by atoms with Crippen LogP contribution in [0.4, 0.5) is 0 Å². The Balaban J connectivity index is 1.93. The molecule has 15 heavy (non-hydrogen) atoms. The average molecular weight is 222 g/mol. The van der Waals surface area contributed by atoms with Crippen molar-refractivity contribution < 1.29 is 9.59 Å². The van der Waals surface area contributed by atoms with Gasteiger partial charge in [0, 0.05) is 17.7 Å². The minimum atomic E-state index is -0.0524. The zero-order valence-electron chi connectivity index (χ0n) is 8.18. The van der Waals surface area contributed by atoms with Gasteiger partial charge in [-0.25, -0.2) is 0 Å². The lowest BCUT2D eigenvalue weighted by molar-refractivity contribution is -0.137. The monoisotopic (exact) mass is 222 g/mol. The Bertz CT molecular complexity index is 361. The lowest BCUT2D eigenvalue weighted by Gasteiger charge is -2.12. The molecule has 1 saturated heterocycles. The average Bonchev–Trinajstić information content (AvgIpc) is 2.58. The standard InChI is InChI=1S/C11H11NO2S/c13-10-6-7-11(14)12(10)8-15-9-4-2-1-3-5-9/h1-5H,6-8H2/i8+1. The predicted molar refractivity (Wildman–Crippen MR) is 58.3 cm³/mol. The number of nitrogens with zero attached hydrogens (tertiary/aromatic N) is 1. The van der Waals surface area contributed by atoms with E-state index in [1.165, 1.54) is 16.7 Å². The molecular weight excluding hydrogens is 211 g/mol. The third-order valence-corrected chi connectivity index (χ3v) is 3.25. The SMILES string of the molecule is O=C1CCC(=O)N1[13CH2]Sc1ccccc1. The first-order valence-corrected chi connectivity index (χ1v) is 5.77. The number of rotatable bonds is 3. The van der Waals surface area contributed by atoms with E-state index in [-0.39, 0.29) is 11.8 Å². The highest BCUT2D eigenvalue weighted by Gasteiger charge is 2.28. The van der Waals surface area contributed by atoms with Crippen molar-refractivity contribution in [2.75, 3.05) is 5.88 Å². The second kappa shape index (κ2) is 4.49. The molecule has 1 fully saturated rings. The third-order valence-electron chi connectivity index (χ3n) is 2.26. The summed E-state index contributed by atoms with van der Waals surface area (Å²) < 4.78 is 0. The Labute approximate surface area is 92.5 Å². The van der Waals surface area contributed by atoms with Crippen molar-refractivity contribution in [3.63, 3.8) is 0 Å². The summed E-state index contributed by atoms with van der Waals surface area (Å²) in [7, 11) is 0. The zero-order valence-corrected chi connectivity index (χ0v) is 9.00. The Morgan fingerprint density at radius 2 is 1.67 bits per heavy atom. The maximum absolute atomic E-state index is 11.3. The van der Waals surface area contributed by atoms with E-state index in [1.54, 1.807) is 0 Å². The number of imide groups is 1. The molecule has 0 saturated carbocycles. The highest BCUT2D eigenvalue weighted by Crippen LogP contribution is 2.21. The smallest absolute Gasteiger partial charge is 0.230 e. The van der Waals surface area contributed by atoms with Crippen molar-refractivity contribution in [3.8, 4) is 0 Å². The molecule has 0 atom stereocenters. The van der Waals surface area contributed by atoms with Crippen LogP contribution in [0.1, 0.15) is 12.8 Å². The largest absolute Gasteiger partial charge is 0.274 e. The van der Waals surface area contributed by atoms with Crippen LogP contribution in [0.25, 0.3) is 0 Å². The fourth-order valence-electron chi connectivity index (χ4n) is 1.42. The van der Waals surface area contributed by atoms with Gasteiger partial charge >= 0.3 is 0 Å². The minimum absolute atomic E-state index is 0.0524. The van der Waals surface area contributed by atoms with E-state index >= 15 is 0 Å². The van der Waals surface area contributed by atoms with Crippen LogP contribution in [-0.2, 0) is 9.59 Å². The molecule has 78 valence electrons. The van der Waals surface area contributed by atoms with Crippen LogP contribution >= 0.6 is 11.8 Å². The molecule has 0 bridgehead atoms. The highest BCUT2D eigenvalue weighted by atomic mass is 32.2. The molecule has 0 radical (unpaired) electrons. The number of hydrogen-bond donors (Lipinski definition) is 0. The van der Waals surface area contributed by atoms with E-state index in [1.807, 2.05) is 30.3 Å². The molecule has 3 nitrogen and oxygen atoms in total. The van der Waals surface area contributed by atoms with E-state index in [9.17, 15) is 9.59 Å². The molecule has 1 heterocycles. The summed E-state index contributed by atoms with van der Waals surface area (Å²) in [6.45, 7) is 0. The number of benzene rings is 1. The van der Waals surface area contributed by atoms with Crippen LogP contribution in [0.5, 0.6) is 0 Å². The van der Waals surface area contributed by atoms with Crippen LogP contribution in [0, 0.1) is 0 Å². The quantitative estimate of drug-likeness (QED) is 0.445. The summed E-state index contributed by atoms with van der Waals surface area (Å²) in [4.78, 5) is 25.0. The molecule has 1 aliphatic heterocycles. The Hall–Kier alpha value is -1.29. The van der Waals surface area contributed by atoms with Gasteiger partial charge in [-0.3, -0.25) is 14.5 Å². The fraction of sp³-hybridized carbons (Fsp3) is 0.273. The molecular formula is C11H11NO2S. The van der Waals surface area contributed by atoms with Crippen molar-refractivity contribution in [2.45, 2.75) is 17.7 Å². The first-order valence-electron chi connectivity index (χ1n) is 4.78. The van der Waals surface area contributed by atoms with Gasteiger partial charge in [-0.15, -0.1) is 11.8 Å². The van der Waals surface area contributed by atoms with E-state index < -0.39 is 0 Å². The van der Waals surface area contributed by atoms with Gasteiger partial charge in [-0.2, -0.15) is 0 Å². The highest BCUT2D eigenvalue weighted by molar-refractivity contribution is 7.99. The van der Waals surface area contributed by atoms with E-state index in [2.05, 4.69) is 0 Å². The normalized spacial score (nSPS) is 16.1. The van der Waals surface area contributed by atoms with Crippen LogP contribution < -0.4 is 0 Å². The molecule has 1 aliphatic rings. The van der Waals surface area contributed by atoms with Gasteiger partial charge in [0.25, 0.3) is 0 Å². The summed E-state index contributed by atoms with van der Waals surface area (Å²) in [6, 6.07) is 9.76. The van der Waals surface area contributed by atoms with Gasteiger partial charge in [0.1, 0.15) is 0 Å². The summed E-state index contributed by atoms with van der Waals surface area (Å²) >= 11 is 1.51. The molecule has 2 rings (SSSR count). The van der Waals surface area contributed by atoms with Gasteiger partial charge in [0.15, 0.2) is 0 Å². The minimum Gasteiger partial charge on any atom is -0.274 e. The Kier molecular flexibility index (Phi) is 3.06. The van der Waals surface area contributed by atoms with Gasteiger partial charge in [-0.1, -0.05) is 18.2 Å². The second-order valence-corrected chi connectivity index (χ2v) is 4.32. The number of carbonyl (C=O) groups excluding carboxylic acids is 2. The van der Waals surface area contributed by atoms with E-state index in [4.69, 9.17) is 0 Å². The van der Waals surface area contributed by atoms with Crippen LogP contribution in [0.2, 0.25) is 0 Å². The summed E-state index contributed by atoms with van der Waals surface area (Å²) in [5.74, 6) is 0.327. The van der Waals surface area contributed by atoms with Gasteiger partial charge < -0.3 is 0 Å². The van der Waals surface area contributed by atoms with Crippen LogP contribution in [0.15, 0.2) is 35.2 Å². The molecule has 0 spiro atoms. The molecule has 2 amide bonds. The van der Waals surface area contributed by atoms with Crippen molar-refractivity contribution in [3.05, 3.63) is 30.3 Å². The summed E-state index contributed by atoms with van der Waals surface area (Å²) in [5.41, 5.74) is 0. The van der Waals surface area contributed by atoms with E-state index in [0.29, 0.717) is 18.7 Å². The van der Waals surface area contributed by atoms with Crippen molar-refractivity contribution in [2.24, 2.45) is 0 Å².